The number of unbranched alkanes of at least 4 members (excludes halogenated alkanes) is 4. The number of ether oxygens (including phenoxy) is 1. The van der Waals surface area contributed by atoms with Gasteiger partial charge in [0.05, 0.1) is 12.7 Å². The summed E-state index contributed by atoms with van der Waals surface area (Å²) in [5, 5.41) is 3.64. The molecule has 0 saturated carbocycles. The number of likely N-dealkylation sites (N-methyl/N-ethyl adjacent to an activating group) is 1. The van der Waals surface area contributed by atoms with Crippen LogP contribution < -0.4 is 5.32 Å². The van der Waals surface area contributed by atoms with Gasteiger partial charge >= 0.3 is 0 Å². The van der Waals surface area contributed by atoms with E-state index in [1.807, 2.05) is 0 Å². The minimum Gasteiger partial charge on any atom is -0.374 e. The maximum Gasteiger partial charge on any atom is 0.0826 e. The molecule has 1 aliphatic heterocycles. The number of nitrogens with one attached hydrogen (secondary N) is 1. The second-order valence-corrected chi connectivity index (χ2v) is 5.90. The van der Waals surface area contributed by atoms with Crippen LogP contribution in [0.25, 0.3) is 0 Å². The van der Waals surface area contributed by atoms with E-state index >= 15 is 0 Å². The monoisotopic (exact) mass is 270 g/mol. The van der Waals surface area contributed by atoms with Crippen molar-refractivity contribution in [2.24, 2.45) is 0 Å². The summed E-state index contributed by atoms with van der Waals surface area (Å²) < 4.78 is 5.81. The number of nitrogens with zero attached hydrogens (tertiary/aromatic N) is 1. The van der Waals surface area contributed by atoms with Crippen LogP contribution >= 0.6 is 0 Å². The van der Waals surface area contributed by atoms with Crippen LogP contribution in [0.5, 0.6) is 0 Å². The van der Waals surface area contributed by atoms with Crippen molar-refractivity contribution in [2.45, 2.75) is 71.4 Å². The maximum atomic E-state index is 5.81. The number of hydrogen-bond acceptors (Lipinski definition) is 3. The Hall–Kier alpha value is -0.120. The molecule has 1 N–H and O–H groups in total. The SMILES string of the molecule is CCCCCCCC(C)NCC1CN(CC)CCO1. The zero-order chi connectivity index (χ0) is 13.9. The van der Waals surface area contributed by atoms with Crippen molar-refractivity contribution >= 4 is 0 Å². The topological polar surface area (TPSA) is 24.5 Å². The van der Waals surface area contributed by atoms with Crippen molar-refractivity contribution in [3.8, 4) is 0 Å². The fourth-order valence-electron chi connectivity index (χ4n) is 2.68. The highest BCUT2D eigenvalue weighted by Crippen LogP contribution is 2.08. The van der Waals surface area contributed by atoms with Crippen LogP contribution in [0.2, 0.25) is 0 Å². The van der Waals surface area contributed by atoms with E-state index in [2.05, 4.69) is 31.0 Å². The molecule has 1 saturated heterocycles. The van der Waals surface area contributed by atoms with Gasteiger partial charge in [-0.3, -0.25) is 4.90 Å². The zero-order valence-corrected chi connectivity index (χ0v) is 13.3. The summed E-state index contributed by atoms with van der Waals surface area (Å²) in [5.74, 6) is 0. The lowest BCUT2D eigenvalue weighted by molar-refractivity contribution is -0.0262. The second-order valence-electron chi connectivity index (χ2n) is 5.90. The molecule has 2 unspecified atom stereocenters. The van der Waals surface area contributed by atoms with Crippen LogP contribution in [0, 0.1) is 0 Å². The van der Waals surface area contributed by atoms with Gasteiger partial charge in [-0.05, 0) is 19.9 Å². The van der Waals surface area contributed by atoms with Gasteiger partial charge < -0.3 is 10.1 Å². The van der Waals surface area contributed by atoms with Gasteiger partial charge in [0.1, 0.15) is 0 Å². The first-order valence-corrected chi connectivity index (χ1v) is 8.33. The predicted molar refractivity (Wildman–Crippen MR) is 82.7 cm³/mol. The third-order valence-corrected chi connectivity index (χ3v) is 4.10. The van der Waals surface area contributed by atoms with Gasteiger partial charge in [0.15, 0.2) is 0 Å². The quantitative estimate of drug-likeness (QED) is 0.618. The van der Waals surface area contributed by atoms with Gasteiger partial charge in [-0.2, -0.15) is 0 Å². The Bertz CT molecular complexity index is 211. The number of rotatable bonds is 10. The molecule has 0 radical (unpaired) electrons. The van der Waals surface area contributed by atoms with Crippen molar-refractivity contribution in [2.75, 3.05) is 32.8 Å². The molecule has 1 aliphatic rings. The lowest BCUT2D eigenvalue weighted by atomic mass is 10.1. The smallest absolute Gasteiger partial charge is 0.0826 e. The molecule has 114 valence electrons. The molecule has 3 nitrogen and oxygen atoms in total. The van der Waals surface area contributed by atoms with Crippen LogP contribution in [0.4, 0.5) is 0 Å². The standard InChI is InChI=1S/C16H34N2O/c1-4-6-7-8-9-10-15(3)17-13-16-14-18(5-2)11-12-19-16/h15-17H,4-14H2,1-3H3. The zero-order valence-electron chi connectivity index (χ0n) is 13.3. The summed E-state index contributed by atoms with van der Waals surface area (Å²) in [4.78, 5) is 2.48. The average molecular weight is 270 g/mol. The van der Waals surface area contributed by atoms with E-state index < -0.39 is 0 Å². The third-order valence-electron chi connectivity index (χ3n) is 4.10. The fourth-order valence-corrected chi connectivity index (χ4v) is 2.68. The Morgan fingerprint density at radius 3 is 2.74 bits per heavy atom. The van der Waals surface area contributed by atoms with E-state index in [1.54, 1.807) is 0 Å². The molecule has 1 fully saturated rings. The molecular formula is C16H34N2O. The molecular weight excluding hydrogens is 236 g/mol. The van der Waals surface area contributed by atoms with Crippen molar-refractivity contribution < 1.29 is 4.74 Å². The van der Waals surface area contributed by atoms with Gasteiger partial charge in [0.25, 0.3) is 0 Å². The Balaban J connectivity index is 2.01. The predicted octanol–water partition coefficient (Wildman–Crippen LogP) is 3.05. The summed E-state index contributed by atoms with van der Waals surface area (Å²) >= 11 is 0. The van der Waals surface area contributed by atoms with Gasteiger partial charge in [-0.15, -0.1) is 0 Å². The van der Waals surface area contributed by atoms with Crippen LogP contribution in [0.1, 0.15) is 59.3 Å². The summed E-state index contributed by atoms with van der Waals surface area (Å²) in [6, 6.07) is 0.627. The fraction of sp³-hybridized carbons (Fsp3) is 1.00. The molecule has 3 heteroatoms. The molecule has 19 heavy (non-hydrogen) atoms. The van der Waals surface area contributed by atoms with Crippen LogP contribution in [0.3, 0.4) is 0 Å². The van der Waals surface area contributed by atoms with Gasteiger partial charge in [0.2, 0.25) is 0 Å². The number of hydrogen-bond donors (Lipinski definition) is 1. The number of morpholine rings is 1. The van der Waals surface area contributed by atoms with Crippen molar-refractivity contribution in [1.29, 1.82) is 0 Å². The first kappa shape index (κ1) is 16.9. The van der Waals surface area contributed by atoms with Gasteiger partial charge in [0, 0.05) is 25.7 Å². The largest absolute Gasteiger partial charge is 0.374 e. The van der Waals surface area contributed by atoms with Crippen LogP contribution in [0.15, 0.2) is 0 Å². The summed E-state index contributed by atoms with van der Waals surface area (Å²) in [5.41, 5.74) is 0. The van der Waals surface area contributed by atoms with Gasteiger partial charge in [-0.1, -0.05) is 46.0 Å². The molecule has 0 spiro atoms. The Labute approximate surface area is 120 Å². The van der Waals surface area contributed by atoms with Crippen molar-refractivity contribution in [3.05, 3.63) is 0 Å². The summed E-state index contributed by atoms with van der Waals surface area (Å²) in [6.45, 7) is 12.0. The minimum atomic E-state index is 0.385. The van der Waals surface area contributed by atoms with Crippen LogP contribution in [-0.2, 0) is 4.74 Å². The minimum absolute atomic E-state index is 0.385. The third kappa shape index (κ3) is 7.91. The van der Waals surface area contributed by atoms with E-state index in [0.717, 1.165) is 32.8 Å². The Morgan fingerprint density at radius 2 is 2.00 bits per heavy atom. The first-order valence-electron chi connectivity index (χ1n) is 8.33. The molecule has 2 atom stereocenters. The van der Waals surface area contributed by atoms with E-state index in [9.17, 15) is 0 Å². The van der Waals surface area contributed by atoms with Crippen molar-refractivity contribution in [1.82, 2.24) is 10.2 Å². The highest BCUT2D eigenvalue weighted by Gasteiger charge is 2.19. The normalized spacial score (nSPS) is 22.6. The van der Waals surface area contributed by atoms with E-state index in [-0.39, 0.29) is 0 Å². The average Bonchev–Trinajstić information content (AvgIpc) is 2.45. The summed E-state index contributed by atoms with van der Waals surface area (Å²) in [6.07, 6.45) is 8.57. The first-order chi connectivity index (χ1) is 9.26. The molecule has 0 aromatic carbocycles. The van der Waals surface area contributed by atoms with Gasteiger partial charge in [-0.25, -0.2) is 0 Å². The molecule has 1 rings (SSSR count). The van der Waals surface area contributed by atoms with E-state index in [0.29, 0.717) is 12.1 Å². The second kappa shape index (κ2) is 10.6. The van der Waals surface area contributed by atoms with E-state index in [4.69, 9.17) is 4.74 Å². The van der Waals surface area contributed by atoms with E-state index in [1.165, 1.54) is 38.5 Å². The maximum absolute atomic E-state index is 5.81. The Morgan fingerprint density at radius 1 is 1.21 bits per heavy atom. The lowest BCUT2D eigenvalue weighted by Crippen LogP contribution is -2.47. The Kier molecular flexibility index (Phi) is 9.48. The summed E-state index contributed by atoms with van der Waals surface area (Å²) in [7, 11) is 0. The van der Waals surface area contributed by atoms with Crippen LogP contribution in [-0.4, -0.2) is 49.8 Å². The highest BCUT2D eigenvalue weighted by molar-refractivity contribution is 4.74. The molecule has 1 heterocycles. The molecule has 0 aromatic rings. The van der Waals surface area contributed by atoms with Crippen molar-refractivity contribution in [3.63, 3.8) is 0 Å². The molecule has 0 amide bonds. The molecule has 0 aromatic heterocycles. The molecule has 0 bridgehead atoms. The lowest BCUT2D eigenvalue weighted by Gasteiger charge is -2.32. The molecule has 0 aliphatic carbocycles. The highest BCUT2D eigenvalue weighted by atomic mass is 16.5.